The van der Waals surface area contributed by atoms with Gasteiger partial charge in [0.15, 0.2) is 0 Å². The van der Waals surface area contributed by atoms with Crippen LogP contribution in [0.15, 0.2) is 91.6 Å². The van der Waals surface area contributed by atoms with E-state index in [1.54, 1.807) is 24.3 Å². The fraction of sp³-hybridized carbons (Fsp3) is 0.320. The van der Waals surface area contributed by atoms with Crippen molar-refractivity contribution >= 4 is 17.4 Å². The summed E-state index contributed by atoms with van der Waals surface area (Å²) in [6, 6.07) is 10.4. The maximum Gasteiger partial charge on any atom is 0.0587 e. The van der Waals surface area contributed by atoms with Gasteiger partial charge in [0, 0.05) is 30.3 Å². The molecule has 0 radical (unpaired) electrons. The van der Waals surface area contributed by atoms with Gasteiger partial charge in [-0.15, -0.1) is 24.9 Å². The monoisotopic (exact) mass is 398 g/mol. The average molecular weight is 399 g/mol. The highest BCUT2D eigenvalue weighted by Gasteiger charge is 2.03. The Morgan fingerprint density at radius 3 is 1.93 bits per heavy atom. The fourth-order valence-corrected chi connectivity index (χ4v) is 2.68. The number of anilines is 1. The van der Waals surface area contributed by atoms with Crippen molar-refractivity contribution in [3.05, 3.63) is 86.7 Å². The topological polar surface area (TPSA) is 27.0 Å². The summed E-state index contributed by atoms with van der Waals surface area (Å²) in [5, 5.41) is 7.32. The third kappa shape index (κ3) is 18.4. The number of nitriles is 1. The minimum atomic E-state index is 1.04. The number of hydrogen-bond acceptors (Lipinski definition) is 3. The Labute approximate surface area is 178 Å². The Hall–Kier alpha value is -2.44. The third-order valence-electron chi connectivity index (χ3n) is 2.88. The Morgan fingerprint density at radius 1 is 1.11 bits per heavy atom. The Morgan fingerprint density at radius 2 is 1.57 bits per heavy atom. The quantitative estimate of drug-likeness (QED) is 0.191. The second-order valence-corrected chi connectivity index (χ2v) is 6.49. The highest BCUT2D eigenvalue weighted by Crippen LogP contribution is 2.24. The molecule has 1 aromatic rings. The number of thioether (sulfide) groups is 1. The molecule has 0 amide bonds. The summed E-state index contributed by atoms with van der Waals surface area (Å²) >= 11 is 1.92. The summed E-state index contributed by atoms with van der Waals surface area (Å²) in [5.41, 5.74) is 2.20. The van der Waals surface area contributed by atoms with Crippen molar-refractivity contribution in [3.63, 3.8) is 0 Å². The summed E-state index contributed by atoms with van der Waals surface area (Å²) in [4.78, 5) is 3.44. The number of hydrogen-bond donors (Lipinski definition) is 0. The van der Waals surface area contributed by atoms with Gasteiger partial charge in [0.05, 0.1) is 6.07 Å². The third-order valence-corrected chi connectivity index (χ3v) is 3.97. The van der Waals surface area contributed by atoms with Gasteiger partial charge in [0.25, 0.3) is 0 Å². The molecule has 3 heteroatoms. The lowest BCUT2D eigenvalue weighted by Crippen LogP contribution is -2.14. The van der Waals surface area contributed by atoms with Crippen molar-refractivity contribution in [3.8, 4) is 6.07 Å². The van der Waals surface area contributed by atoms with E-state index in [9.17, 15) is 0 Å². The Balaban J connectivity index is -0.000000588. The lowest BCUT2D eigenvalue weighted by molar-refractivity contribution is 0.896. The molecule has 1 aromatic carbocycles. The second kappa shape index (κ2) is 24.6. The van der Waals surface area contributed by atoms with Crippen LogP contribution in [-0.4, -0.2) is 12.8 Å². The van der Waals surface area contributed by atoms with E-state index < -0.39 is 0 Å². The summed E-state index contributed by atoms with van der Waals surface area (Å²) in [5.74, 6) is 1.19. The van der Waals surface area contributed by atoms with Gasteiger partial charge >= 0.3 is 0 Å². The average Bonchev–Trinajstić information content (AvgIpc) is 2.68. The van der Waals surface area contributed by atoms with Crippen molar-refractivity contribution in [1.82, 2.24) is 0 Å². The molecule has 0 bridgehead atoms. The van der Waals surface area contributed by atoms with Crippen LogP contribution in [0, 0.1) is 11.3 Å². The number of nitrogens with zero attached hydrogens (tertiary/aromatic N) is 2. The molecule has 0 atom stereocenters. The van der Waals surface area contributed by atoms with E-state index in [-0.39, 0.29) is 0 Å². The molecular formula is C25H38N2S. The first-order chi connectivity index (χ1) is 13.5. The maximum absolute atomic E-state index is 7.32. The standard InChI is InChI=1S/C17H23NS.2C3H6.C2H3N/c1-5-8-14-19-17-12-10-16(11-13-17)18(4)15(7-3)9-6-2;2*1-3-2;1-2-3/h6-7,9-13H,2-3,5,8,14H2,1,4H3;2*3H,1H2,2H3;1H3/b15-9+;;;. The van der Waals surface area contributed by atoms with Crippen molar-refractivity contribution in [2.75, 3.05) is 17.7 Å². The number of allylic oxidation sites excluding steroid dienone is 5. The van der Waals surface area contributed by atoms with E-state index in [1.165, 1.54) is 30.4 Å². The molecule has 0 aromatic heterocycles. The molecule has 0 saturated carbocycles. The molecule has 0 spiro atoms. The summed E-state index contributed by atoms with van der Waals surface area (Å²) in [6.45, 7) is 21.7. The van der Waals surface area contributed by atoms with Gasteiger partial charge in [0.1, 0.15) is 0 Å². The van der Waals surface area contributed by atoms with E-state index in [4.69, 9.17) is 5.26 Å². The van der Waals surface area contributed by atoms with Gasteiger partial charge in [0.2, 0.25) is 0 Å². The van der Waals surface area contributed by atoms with Gasteiger partial charge in [-0.2, -0.15) is 5.26 Å². The lowest BCUT2D eigenvalue weighted by Gasteiger charge is -2.20. The Bertz CT molecular complexity index is 586. The first kappa shape index (κ1) is 30.3. The fourth-order valence-electron chi connectivity index (χ4n) is 1.69. The Kier molecular flexibility index (Phi) is 26.6. The zero-order valence-corrected chi connectivity index (χ0v) is 19.3. The molecule has 2 nitrogen and oxygen atoms in total. The lowest BCUT2D eigenvalue weighted by atomic mass is 10.2. The molecule has 0 aliphatic carbocycles. The molecule has 0 heterocycles. The minimum Gasteiger partial charge on any atom is -0.345 e. The van der Waals surface area contributed by atoms with E-state index in [0.717, 1.165) is 11.4 Å². The highest BCUT2D eigenvalue weighted by molar-refractivity contribution is 7.99. The van der Waals surface area contributed by atoms with E-state index >= 15 is 0 Å². The van der Waals surface area contributed by atoms with Gasteiger partial charge in [-0.3, -0.25) is 0 Å². The number of unbranched alkanes of at least 4 members (excludes halogenated alkanes) is 1. The smallest absolute Gasteiger partial charge is 0.0587 e. The maximum atomic E-state index is 7.32. The summed E-state index contributed by atoms with van der Waals surface area (Å²) in [6.07, 6.45) is 11.6. The molecule has 154 valence electrons. The first-order valence-corrected chi connectivity index (χ1v) is 10.3. The van der Waals surface area contributed by atoms with Gasteiger partial charge in [-0.25, -0.2) is 0 Å². The van der Waals surface area contributed by atoms with Crippen molar-refractivity contribution in [2.45, 2.75) is 45.4 Å². The van der Waals surface area contributed by atoms with Crippen molar-refractivity contribution in [2.24, 2.45) is 0 Å². The van der Waals surface area contributed by atoms with Crippen molar-refractivity contribution in [1.29, 1.82) is 5.26 Å². The van der Waals surface area contributed by atoms with E-state index in [1.807, 2.05) is 44.8 Å². The molecular weight excluding hydrogens is 360 g/mol. The number of rotatable bonds is 8. The normalized spacial score (nSPS) is 8.79. The molecule has 0 saturated heterocycles. The van der Waals surface area contributed by atoms with E-state index in [0.29, 0.717) is 0 Å². The number of benzene rings is 1. The molecule has 0 fully saturated rings. The predicted octanol–water partition coefficient (Wildman–Crippen LogP) is 8.19. The van der Waals surface area contributed by atoms with Crippen LogP contribution in [0.25, 0.3) is 0 Å². The van der Waals surface area contributed by atoms with Crippen molar-refractivity contribution < 1.29 is 0 Å². The van der Waals surface area contributed by atoms with Crippen LogP contribution in [0.3, 0.4) is 0 Å². The van der Waals surface area contributed by atoms with Crippen LogP contribution >= 0.6 is 11.8 Å². The molecule has 0 N–H and O–H groups in total. The highest BCUT2D eigenvalue weighted by atomic mass is 32.2. The van der Waals surface area contributed by atoms with Gasteiger partial charge in [-0.05, 0) is 62.4 Å². The molecule has 0 aliphatic heterocycles. The zero-order valence-electron chi connectivity index (χ0n) is 18.4. The van der Waals surface area contributed by atoms with Crippen LogP contribution in [-0.2, 0) is 0 Å². The molecule has 28 heavy (non-hydrogen) atoms. The van der Waals surface area contributed by atoms with Crippen LogP contribution in [0.4, 0.5) is 5.69 Å². The molecule has 1 rings (SSSR count). The van der Waals surface area contributed by atoms with E-state index in [2.05, 4.69) is 62.4 Å². The summed E-state index contributed by atoms with van der Waals surface area (Å²) < 4.78 is 0. The zero-order chi connectivity index (χ0) is 22.2. The van der Waals surface area contributed by atoms with Crippen LogP contribution in [0.5, 0.6) is 0 Å². The van der Waals surface area contributed by atoms with Crippen LogP contribution in [0.2, 0.25) is 0 Å². The second-order valence-electron chi connectivity index (χ2n) is 5.33. The molecule has 0 aliphatic rings. The molecule has 0 unspecified atom stereocenters. The first-order valence-electron chi connectivity index (χ1n) is 9.34. The largest absolute Gasteiger partial charge is 0.345 e. The number of likely N-dealkylation sites (N-methyl/N-ethyl adjacent to an activating group) is 1. The SMILES string of the molecule is C=C/C=C(\C=C)N(C)c1ccc(SCCCC)cc1.C=CC.C=CC.CC#N. The van der Waals surface area contributed by atoms with Gasteiger partial charge < -0.3 is 4.90 Å². The minimum absolute atomic E-state index is 1.04. The van der Waals surface area contributed by atoms with Crippen LogP contribution in [0.1, 0.15) is 40.5 Å². The van der Waals surface area contributed by atoms with Crippen LogP contribution < -0.4 is 4.90 Å². The van der Waals surface area contributed by atoms with Gasteiger partial charge in [-0.1, -0.05) is 44.7 Å². The summed E-state index contributed by atoms with van der Waals surface area (Å²) in [7, 11) is 2.04. The predicted molar refractivity (Wildman–Crippen MR) is 132 cm³/mol.